The van der Waals surface area contributed by atoms with Crippen LogP contribution in [0.1, 0.15) is 26.7 Å². The summed E-state index contributed by atoms with van der Waals surface area (Å²) in [6, 6.07) is 0. The lowest BCUT2D eigenvalue weighted by Crippen LogP contribution is -2.27. The van der Waals surface area contributed by atoms with Crippen LogP contribution in [0.3, 0.4) is 0 Å². The molecule has 0 radical (unpaired) electrons. The fourth-order valence-electron chi connectivity index (χ4n) is 0.820. The average Bonchev–Trinajstić information content (AvgIpc) is 2.11. The zero-order valence-electron chi connectivity index (χ0n) is 8.31. The third-order valence-corrected chi connectivity index (χ3v) is 2.00. The van der Waals surface area contributed by atoms with Crippen molar-refractivity contribution in [1.29, 1.82) is 0 Å². The molecule has 0 aliphatic carbocycles. The Balaban J connectivity index is 3.15. The van der Waals surface area contributed by atoms with Gasteiger partial charge in [0.1, 0.15) is 0 Å². The van der Waals surface area contributed by atoms with Gasteiger partial charge in [0.05, 0.1) is 0 Å². The summed E-state index contributed by atoms with van der Waals surface area (Å²) in [5, 5.41) is 5.83. The van der Waals surface area contributed by atoms with Crippen molar-refractivity contribution in [2.45, 2.75) is 26.7 Å². The lowest BCUT2D eigenvalue weighted by molar-refractivity contribution is -0.120. The van der Waals surface area contributed by atoms with Crippen molar-refractivity contribution in [2.75, 3.05) is 20.1 Å². The summed E-state index contributed by atoms with van der Waals surface area (Å²) < 4.78 is 0. The Morgan fingerprint density at radius 1 is 1.50 bits per heavy atom. The van der Waals surface area contributed by atoms with Gasteiger partial charge in [0.25, 0.3) is 0 Å². The van der Waals surface area contributed by atoms with Gasteiger partial charge >= 0.3 is 0 Å². The highest BCUT2D eigenvalue weighted by atomic mass is 16.1. The highest BCUT2D eigenvalue weighted by molar-refractivity contribution is 5.75. The van der Waals surface area contributed by atoms with E-state index in [2.05, 4.69) is 24.5 Å². The molecule has 0 bridgehead atoms. The van der Waals surface area contributed by atoms with Crippen LogP contribution in [0.15, 0.2) is 0 Å². The molecule has 0 rings (SSSR count). The maximum atomic E-state index is 10.8. The van der Waals surface area contributed by atoms with Gasteiger partial charge < -0.3 is 10.6 Å². The fraction of sp³-hybridized carbons (Fsp3) is 0.889. The van der Waals surface area contributed by atoms with E-state index in [1.54, 1.807) is 7.05 Å². The highest BCUT2D eigenvalue weighted by Gasteiger charge is 1.99. The van der Waals surface area contributed by atoms with E-state index in [1.165, 1.54) is 6.42 Å². The Morgan fingerprint density at radius 3 is 2.67 bits per heavy atom. The Bertz CT molecular complexity index is 126. The summed E-state index contributed by atoms with van der Waals surface area (Å²) in [4.78, 5) is 10.8. The van der Waals surface area contributed by atoms with Crippen molar-refractivity contribution < 1.29 is 4.79 Å². The minimum Gasteiger partial charge on any atom is -0.359 e. The van der Waals surface area contributed by atoms with Crippen LogP contribution in [0.5, 0.6) is 0 Å². The van der Waals surface area contributed by atoms with Crippen LogP contribution in [-0.4, -0.2) is 26.0 Å². The lowest BCUT2D eigenvalue weighted by atomic mass is 10.1. The molecule has 0 saturated carbocycles. The van der Waals surface area contributed by atoms with Gasteiger partial charge in [-0.25, -0.2) is 0 Å². The molecule has 72 valence electrons. The van der Waals surface area contributed by atoms with E-state index in [1.807, 2.05) is 0 Å². The first-order valence-corrected chi connectivity index (χ1v) is 4.62. The van der Waals surface area contributed by atoms with Gasteiger partial charge in [-0.05, 0) is 12.5 Å². The normalized spacial score (nSPS) is 12.6. The molecular formula is C9H20N2O. The van der Waals surface area contributed by atoms with Crippen LogP contribution >= 0.6 is 0 Å². The van der Waals surface area contributed by atoms with Crippen molar-refractivity contribution in [2.24, 2.45) is 5.92 Å². The third-order valence-electron chi connectivity index (χ3n) is 2.00. The Morgan fingerprint density at radius 2 is 2.17 bits per heavy atom. The van der Waals surface area contributed by atoms with Crippen molar-refractivity contribution in [3.8, 4) is 0 Å². The minimum atomic E-state index is 0.103. The smallest absolute Gasteiger partial charge is 0.221 e. The largest absolute Gasteiger partial charge is 0.359 e. The Hall–Kier alpha value is -0.570. The predicted molar refractivity (Wildman–Crippen MR) is 51.0 cm³/mol. The predicted octanol–water partition coefficient (Wildman–Crippen LogP) is 0.758. The van der Waals surface area contributed by atoms with E-state index < -0.39 is 0 Å². The van der Waals surface area contributed by atoms with Crippen molar-refractivity contribution in [3.05, 3.63) is 0 Å². The second-order valence-corrected chi connectivity index (χ2v) is 3.14. The average molecular weight is 172 g/mol. The second kappa shape index (κ2) is 7.10. The minimum absolute atomic E-state index is 0.103. The highest BCUT2D eigenvalue weighted by Crippen LogP contribution is 1.96. The van der Waals surface area contributed by atoms with E-state index in [-0.39, 0.29) is 5.91 Å². The molecular weight excluding hydrogens is 152 g/mol. The first-order valence-electron chi connectivity index (χ1n) is 4.62. The van der Waals surface area contributed by atoms with Gasteiger partial charge in [-0.2, -0.15) is 0 Å². The summed E-state index contributed by atoms with van der Waals surface area (Å²) in [7, 11) is 1.66. The number of carbonyl (C=O) groups is 1. The first-order chi connectivity index (χ1) is 5.70. The van der Waals surface area contributed by atoms with Crippen LogP contribution in [0.2, 0.25) is 0 Å². The second-order valence-electron chi connectivity index (χ2n) is 3.14. The number of rotatable bonds is 6. The molecule has 2 N–H and O–H groups in total. The molecule has 0 spiro atoms. The van der Waals surface area contributed by atoms with E-state index in [0.717, 1.165) is 13.1 Å². The molecule has 0 aliphatic rings. The quantitative estimate of drug-likeness (QED) is 0.581. The van der Waals surface area contributed by atoms with Gasteiger partial charge in [-0.3, -0.25) is 4.79 Å². The molecule has 0 aromatic carbocycles. The maximum Gasteiger partial charge on any atom is 0.221 e. The van der Waals surface area contributed by atoms with Crippen LogP contribution in [-0.2, 0) is 4.79 Å². The summed E-state index contributed by atoms with van der Waals surface area (Å²) in [6.45, 7) is 6.16. The molecule has 0 aromatic rings. The van der Waals surface area contributed by atoms with Crippen LogP contribution in [0.25, 0.3) is 0 Å². The Labute approximate surface area is 74.9 Å². The van der Waals surface area contributed by atoms with Gasteiger partial charge in [0.15, 0.2) is 0 Å². The van der Waals surface area contributed by atoms with E-state index in [4.69, 9.17) is 0 Å². The van der Waals surface area contributed by atoms with Gasteiger partial charge in [0.2, 0.25) is 5.91 Å². The van der Waals surface area contributed by atoms with Crippen LogP contribution in [0, 0.1) is 5.92 Å². The summed E-state index contributed by atoms with van der Waals surface area (Å²) in [5.41, 5.74) is 0. The fourth-order valence-corrected chi connectivity index (χ4v) is 0.820. The standard InChI is InChI=1S/C9H20N2O/c1-4-8(2)7-11-6-5-9(12)10-3/h8,11H,4-7H2,1-3H3,(H,10,12). The van der Waals surface area contributed by atoms with Gasteiger partial charge in [-0.1, -0.05) is 20.3 Å². The van der Waals surface area contributed by atoms with Gasteiger partial charge in [-0.15, -0.1) is 0 Å². The molecule has 1 amide bonds. The third kappa shape index (κ3) is 6.16. The molecule has 0 fully saturated rings. The zero-order valence-corrected chi connectivity index (χ0v) is 8.31. The molecule has 3 heteroatoms. The van der Waals surface area contributed by atoms with E-state index in [9.17, 15) is 4.79 Å². The molecule has 1 atom stereocenters. The summed E-state index contributed by atoms with van der Waals surface area (Å²) in [5.74, 6) is 0.807. The van der Waals surface area contributed by atoms with Crippen molar-refractivity contribution in [3.63, 3.8) is 0 Å². The SMILES string of the molecule is CCC(C)CNCCC(=O)NC. The van der Waals surface area contributed by atoms with E-state index in [0.29, 0.717) is 12.3 Å². The van der Waals surface area contributed by atoms with Crippen LogP contribution < -0.4 is 10.6 Å². The first kappa shape index (κ1) is 11.4. The number of amides is 1. The van der Waals surface area contributed by atoms with Gasteiger partial charge in [0, 0.05) is 20.0 Å². The number of hydrogen-bond acceptors (Lipinski definition) is 2. The summed E-state index contributed by atoms with van der Waals surface area (Å²) >= 11 is 0. The van der Waals surface area contributed by atoms with Crippen LogP contribution in [0.4, 0.5) is 0 Å². The number of carbonyl (C=O) groups excluding carboxylic acids is 1. The molecule has 12 heavy (non-hydrogen) atoms. The monoisotopic (exact) mass is 172 g/mol. The number of hydrogen-bond donors (Lipinski definition) is 2. The zero-order chi connectivity index (χ0) is 9.40. The Kier molecular flexibility index (Phi) is 6.76. The topological polar surface area (TPSA) is 41.1 Å². The number of nitrogens with one attached hydrogen (secondary N) is 2. The molecule has 1 unspecified atom stereocenters. The maximum absolute atomic E-state index is 10.8. The molecule has 0 saturated heterocycles. The molecule has 3 nitrogen and oxygen atoms in total. The molecule has 0 aliphatic heterocycles. The van der Waals surface area contributed by atoms with Crippen molar-refractivity contribution >= 4 is 5.91 Å². The summed E-state index contributed by atoms with van der Waals surface area (Å²) in [6.07, 6.45) is 1.76. The van der Waals surface area contributed by atoms with E-state index >= 15 is 0 Å². The lowest BCUT2D eigenvalue weighted by Gasteiger charge is -2.08. The van der Waals surface area contributed by atoms with Crippen molar-refractivity contribution in [1.82, 2.24) is 10.6 Å². The molecule has 0 heterocycles. The molecule has 0 aromatic heterocycles.